The largest absolute Gasteiger partial charge is 0.478 e. The van der Waals surface area contributed by atoms with Crippen molar-refractivity contribution >= 4 is 29.2 Å². The Labute approximate surface area is 85.3 Å². The number of aromatic carboxylic acids is 1. The monoisotopic (exact) mass is 219 g/mol. The van der Waals surface area contributed by atoms with Gasteiger partial charge < -0.3 is 5.11 Å². The number of carboxylic acid groups (broad SMARTS) is 1. The lowest BCUT2D eigenvalue weighted by Crippen LogP contribution is -2.01. The van der Waals surface area contributed by atoms with E-state index in [0.29, 0.717) is 12.0 Å². The summed E-state index contributed by atoms with van der Waals surface area (Å²) in [4.78, 5) is 14.4. The Balaban J connectivity index is 3.35. The van der Waals surface area contributed by atoms with E-state index in [1.54, 1.807) is 0 Å². The smallest absolute Gasteiger partial charge is 0.338 e. The Morgan fingerprint density at radius 2 is 2.23 bits per heavy atom. The Bertz CT molecular complexity index is 352. The number of rotatable bonds is 2. The first-order chi connectivity index (χ1) is 6.07. The Morgan fingerprint density at radius 1 is 1.62 bits per heavy atom. The van der Waals surface area contributed by atoms with Crippen molar-refractivity contribution in [1.82, 2.24) is 4.98 Å². The lowest BCUT2D eigenvalue weighted by atomic mass is 10.1. The maximum atomic E-state index is 10.6. The van der Waals surface area contributed by atoms with Crippen LogP contribution < -0.4 is 0 Å². The van der Waals surface area contributed by atoms with Crippen LogP contribution in [0.2, 0.25) is 10.2 Å². The Kier molecular flexibility index (Phi) is 3.12. The number of aromatic nitrogens is 1. The molecule has 0 fully saturated rings. The van der Waals surface area contributed by atoms with Crippen LogP contribution in [0.15, 0.2) is 6.20 Å². The minimum atomic E-state index is -1.09. The van der Waals surface area contributed by atoms with E-state index in [0.717, 1.165) is 6.20 Å². The molecule has 1 aromatic heterocycles. The van der Waals surface area contributed by atoms with Crippen molar-refractivity contribution in [3.63, 3.8) is 0 Å². The summed E-state index contributed by atoms with van der Waals surface area (Å²) >= 11 is 11.5. The molecule has 0 unspecified atom stereocenters. The normalized spacial score (nSPS) is 10.1. The zero-order valence-electron chi connectivity index (χ0n) is 6.84. The van der Waals surface area contributed by atoms with Crippen molar-refractivity contribution in [1.29, 1.82) is 0 Å². The predicted octanol–water partition coefficient (Wildman–Crippen LogP) is 2.65. The molecule has 3 nitrogen and oxygen atoms in total. The Hall–Kier alpha value is -0.800. The maximum Gasteiger partial charge on any atom is 0.338 e. The molecule has 0 spiro atoms. The molecule has 5 heteroatoms. The second-order valence-electron chi connectivity index (χ2n) is 2.41. The lowest BCUT2D eigenvalue weighted by Gasteiger charge is -2.05. The van der Waals surface area contributed by atoms with Crippen LogP contribution in [0.4, 0.5) is 0 Å². The molecule has 0 aromatic carbocycles. The van der Waals surface area contributed by atoms with Gasteiger partial charge in [-0.25, -0.2) is 9.78 Å². The standard InChI is InChI=1S/C8H7Cl2NO2/c1-2-4-6(9)5(8(12)13)3-11-7(4)10/h3H,2H2,1H3,(H,12,13). The number of nitrogens with zero attached hydrogens (tertiary/aromatic N) is 1. The van der Waals surface area contributed by atoms with Gasteiger partial charge >= 0.3 is 5.97 Å². The fourth-order valence-corrected chi connectivity index (χ4v) is 1.64. The highest BCUT2D eigenvalue weighted by atomic mass is 35.5. The van der Waals surface area contributed by atoms with Crippen LogP contribution in [0, 0.1) is 0 Å². The first-order valence-corrected chi connectivity index (χ1v) is 4.39. The molecular formula is C8H7Cl2NO2. The van der Waals surface area contributed by atoms with Crippen LogP contribution in [0.3, 0.4) is 0 Å². The third kappa shape index (κ3) is 1.92. The molecule has 0 amide bonds. The van der Waals surface area contributed by atoms with E-state index in [2.05, 4.69) is 4.98 Å². The van der Waals surface area contributed by atoms with Gasteiger partial charge in [0.05, 0.1) is 10.6 Å². The predicted molar refractivity (Wildman–Crippen MR) is 50.6 cm³/mol. The highest BCUT2D eigenvalue weighted by molar-refractivity contribution is 6.37. The fourth-order valence-electron chi connectivity index (χ4n) is 0.959. The van der Waals surface area contributed by atoms with Crippen LogP contribution in [-0.2, 0) is 6.42 Å². The summed E-state index contributed by atoms with van der Waals surface area (Å²) in [6.07, 6.45) is 1.72. The molecule has 13 heavy (non-hydrogen) atoms. The molecule has 0 bridgehead atoms. The van der Waals surface area contributed by atoms with Gasteiger partial charge in [-0.15, -0.1) is 0 Å². The van der Waals surface area contributed by atoms with Gasteiger partial charge in [-0.3, -0.25) is 0 Å². The van der Waals surface area contributed by atoms with E-state index < -0.39 is 5.97 Å². The van der Waals surface area contributed by atoms with Gasteiger partial charge in [-0.2, -0.15) is 0 Å². The van der Waals surface area contributed by atoms with Crippen LogP contribution in [-0.4, -0.2) is 16.1 Å². The first kappa shape index (κ1) is 10.3. The van der Waals surface area contributed by atoms with E-state index in [4.69, 9.17) is 28.3 Å². The van der Waals surface area contributed by atoms with E-state index in [9.17, 15) is 4.79 Å². The first-order valence-electron chi connectivity index (χ1n) is 3.64. The molecule has 1 rings (SSSR count). The van der Waals surface area contributed by atoms with Gasteiger partial charge in [-0.05, 0) is 6.42 Å². The minimum Gasteiger partial charge on any atom is -0.478 e. The van der Waals surface area contributed by atoms with Gasteiger partial charge in [0.1, 0.15) is 5.15 Å². The SMILES string of the molecule is CCc1c(Cl)ncc(C(=O)O)c1Cl. The van der Waals surface area contributed by atoms with Crippen LogP contribution in [0.5, 0.6) is 0 Å². The summed E-state index contributed by atoms with van der Waals surface area (Å²) in [7, 11) is 0. The summed E-state index contributed by atoms with van der Waals surface area (Å²) in [6.45, 7) is 1.83. The molecule has 0 aliphatic heterocycles. The van der Waals surface area contributed by atoms with Crippen molar-refractivity contribution in [2.45, 2.75) is 13.3 Å². The van der Waals surface area contributed by atoms with Crippen LogP contribution in [0.1, 0.15) is 22.8 Å². The van der Waals surface area contributed by atoms with Crippen LogP contribution >= 0.6 is 23.2 Å². The van der Waals surface area contributed by atoms with Gasteiger partial charge in [0.25, 0.3) is 0 Å². The molecule has 0 atom stereocenters. The second-order valence-corrected chi connectivity index (χ2v) is 3.15. The quantitative estimate of drug-likeness (QED) is 0.779. The van der Waals surface area contributed by atoms with Crippen molar-refractivity contribution in [3.05, 3.63) is 27.5 Å². The van der Waals surface area contributed by atoms with Gasteiger partial charge in [-0.1, -0.05) is 30.1 Å². The number of hydrogen-bond donors (Lipinski definition) is 1. The van der Waals surface area contributed by atoms with Crippen molar-refractivity contribution in [2.24, 2.45) is 0 Å². The van der Waals surface area contributed by atoms with Crippen molar-refractivity contribution < 1.29 is 9.90 Å². The van der Waals surface area contributed by atoms with Crippen molar-refractivity contribution in [3.8, 4) is 0 Å². The number of halogens is 2. The molecule has 1 aromatic rings. The highest BCUT2D eigenvalue weighted by Gasteiger charge is 2.14. The zero-order chi connectivity index (χ0) is 10.0. The number of pyridine rings is 1. The summed E-state index contributed by atoms with van der Waals surface area (Å²) in [5.74, 6) is -1.09. The van der Waals surface area contributed by atoms with Gasteiger partial charge in [0.2, 0.25) is 0 Å². The molecular weight excluding hydrogens is 213 g/mol. The average molecular weight is 220 g/mol. The second kappa shape index (κ2) is 3.94. The zero-order valence-corrected chi connectivity index (χ0v) is 8.35. The molecule has 70 valence electrons. The van der Waals surface area contributed by atoms with Gasteiger partial charge in [0, 0.05) is 11.8 Å². The molecule has 0 saturated carbocycles. The average Bonchev–Trinajstić information content (AvgIpc) is 2.04. The number of carboxylic acids is 1. The minimum absolute atomic E-state index is 0.0112. The molecule has 0 saturated heterocycles. The summed E-state index contributed by atoms with van der Waals surface area (Å²) in [6, 6.07) is 0. The summed E-state index contributed by atoms with van der Waals surface area (Å²) < 4.78 is 0. The number of hydrogen-bond acceptors (Lipinski definition) is 2. The summed E-state index contributed by atoms with van der Waals surface area (Å²) in [5.41, 5.74) is 0.561. The summed E-state index contributed by atoms with van der Waals surface area (Å²) in [5, 5.41) is 9.15. The molecule has 0 aliphatic rings. The molecule has 1 N–H and O–H groups in total. The van der Waals surface area contributed by atoms with E-state index in [1.807, 2.05) is 6.92 Å². The fraction of sp³-hybridized carbons (Fsp3) is 0.250. The third-order valence-electron chi connectivity index (χ3n) is 1.64. The molecule has 0 aliphatic carbocycles. The number of carbonyl (C=O) groups is 1. The molecule has 1 heterocycles. The topological polar surface area (TPSA) is 50.2 Å². The van der Waals surface area contributed by atoms with Crippen LogP contribution in [0.25, 0.3) is 0 Å². The van der Waals surface area contributed by atoms with E-state index in [1.165, 1.54) is 0 Å². The maximum absolute atomic E-state index is 10.6. The lowest BCUT2D eigenvalue weighted by molar-refractivity contribution is 0.0696. The van der Waals surface area contributed by atoms with Gasteiger partial charge in [0.15, 0.2) is 0 Å². The molecule has 0 radical (unpaired) electrons. The highest BCUT2D eigenvalue weighted by Crippen LogP contribution is 2.26. The van der Waals surface area contributed by atoms with Crippen molar-refractivity contribution in [2.75, 3.05) is 0 Å². The van der Waals surface area contributed by atoms with E-state index >= 15 is 0 Å². The van der Waals surface area contributed by atoms with E-state index in [-0.39, 0.29) is 15.7 Å². The Morgan fingerprint density at radius 3 is 2.69 bits per heavy atom. The third-order valence-corrected chi connectivity index (χ3v) is 2.40.